The van der Waals surface area contributed by atoms with Gasteiger partial charge >= 0.3 is 0 Å². The number of carbonyl (C=O) groups is 1. The van der Waals surface area contributed by atoms with Gasteiger partial charge in [0.2, 0.25) is 15.9 Å². The fraction of sp³-hybridized carbons (Fsp3) is 0.562. The van der Waals surface area contributed by atoms with Gasteiger partial charge in [-0.25, -0.2) is 8.42 Å². The maximum atomic E-state index is 13.1. The van der Waals surface area contributed by atoms with Gasteiger partial charge in [0.25, 0.3) is 0 Å². The molecule has 3 rings (SSSR count). The highest BCUT2D eigenvalue weighted by molar-refractivity contribution is 7.89. The van der Waals surface area contributed by atoms with Crippen LogP contribution >= 0.6 is 11.6 Å². The van der Waals surface area contributed by atoms with Crippen LogP contribution in [-0.2, 0) is 19.6 Å². The van der Waals surface area contributed by atoms with E-state index in [0.29, 0.717) is 39.3 Å². The van der Waals surface area contributed by atoms with E-state index < -0.39 is 16.1 Å². The normalized spacial score (nSPS) is 23.2. The molecule has 1 atom stereocenters. The van der Waals surface area contributed by atoms with Gasteiger partial charge in [-0.3, -0.25) is 4.79 Å². The quantitative estimate of drug-likeness (QED) is 0.810. The van der Waals surface area contributed by atoms with Gasteiger partial charge < -0.3 is 9.64 Å². The molecule has 1 aromatic rings. The summed E-state index contributed by atoms with van der Waals surface area (Å²) in [5, 5.41) is 0.181. The molecule has 2 aliphatic heterocycles. The summed E-state index contributed by atoms with van der Waals surface area (Å²) in [6.07, 6.45) is 2.13. The topological polar surface area (TPSA) is 66.9 Å². The summed E-state index contributed by atoms with van der Waals surface area (Å²) >= 11 is 6.09. The highest BCUT2D eigenvalue weighted by Crippen LogP contribution is 2.30. The van der Waals surface area contributed by atoms with Gasteiger partial charge in [0.1, 0.15) is 10.9 Å². The highest BCUT2D eigenvalue weighted by Gasteiger charge is 2.40. The summed E-state index contributed by atoms with van der Waals surface area (Å²) in [5.74, 6) is -0.131. The van der Waals surface area contributed by atoms with E-state index in [-0.39, 0.29) is 15.8 Å². The first-order valence-corrected chi connectivity index (χ1v) is 9.96. The fourth-order valence-corrected chi connectivity index (χ4v) is 5.36. The second-order valence-corrected chi connectivity index (χ2v) is 8.26. The van der Waals surface area contributed by atoms with Crippen LogP contribution in [0.1, 0.15) is 19.3 Å². The summed E-state index contributed by atoms with van der Waals surface area (Å²) in [6, 6.07) is 5.72. The Balaban J connectivity index is 1.89. The molecule has 0 aromatic heterocycles. The Morgan fingerprint density at radius 3 is 2.54 bits per heavy atom. The zero-order valence-electron chi connectivity index (χ0n) is 13.4. The highest BCUT2D eigenvalue weighted by atomic mass is 35.5. The molecule has 8 heteroatoms. The van der Waals surface area contributed by atoms with Crippen LogP contribution in [0.2, 0.25) is 5.02 Å². The molecule has 2 aliphatic rings. The molecule has 0 aliphatic carbocycles. The molecule has 24 heavy (non-hydrogen) atoms. The third kappa shape index (κ3) is 3.44. The first-order valence-electron chi connectivity index (χ1n) is 8.15. The summed E-state index contributed by atoms with van der Waals surface area (Å²) in [4.78, 5) is 14.6. The Morgan fingerprint density at radius 1 is 1.12 bits per heavy atom. The van der Waals surface area contributed by atoms with E-state index in [1.807, 2.05) is 0 Å². The zero-order chi connectivity index (χ0) is 17.2. The lowest BCUT2D eigenvalue weighted by molar-refractivity contribution is -0.140. The molecule has 2 fully saturated rings. The number of hydrogen-bond acceptors (Lipinski definition) is 4. The summed E-state index contributed by atoms with van der Waals surface area (Å²) in [5.41, 5.74) is 0. The van der Waals surface area contributed by atoms with Crippen LogP contribution in [0.15, 0.2) is 29.2 Å². The van der Waals surface area contributed by atoms with Gasteiger partial charge in [-0.1, -0.05) is 30.2 Å². The van der Waals surface area contributed by atoms with Gasteiger partial charge in [0.15, 0.2) is 0 Å². The molecule has 0 N–H and O–H groups in total. The number of hydrogen-bond donors (Lipinski definition) is 0. The van der Waals surface area contributed by atoms with Crippen LogP contribution in [0.4, 0.5) is 0 Å². The zero-order valence-corrected chi connectivity index (χ0v) is 14.9. The fourth-order valence-electron chi connectivity index (χ4n) is 3.21. The molecule has 0 bridgehead atoms. The Bertz CT molecular complexity index is 704. The molecule has 2 saturated heterocycles. The molecule has 0 saturated carbocycles. The number of halogens is 1. The summed E-state index contributed by atoms with van der Waals surface area (Å²) in [6.45, 7) is 2.35. The molecule has 6 nitrogen and oxygen atoms in total. The number of carbonyl (C=O) groups excluding carboxylic acids is 1. The summed E-state index contributed by atoms with van der Waals surface area (Å²) < 4.78 is 32.7. The van der Waals surface area contributed by atoms with E-state index in [4.69, 9.17) is 16.3 Å². The minimum Gasteiger partial charge on any atom is -0.378 e. The molecule has 1 amide bonds. The van der Waals surface area contributed by atoms with Crippen molar-refractivity contribution in [2.24, 2.45) is 0 Å². The average Bonchev–Trinajstić information content (AvgIpc) is 2.62. The summed E-state index contributed by atoms with van der Waals surface area (Å²) in [7, 11) is -3.80. The molecular formula is C16H21ClN2O4S. The molecule has 0 radical (unpaired) electrons. The van der Waals surface area contributed by atoms with Crippen molar-refractivity contribution in [1.82, 2.24) is 9.21 Å². The van der Waals surface area contributed by atoms with Gasteiger partial charge in [-0.15, -0.1) is 0 Å². The molecule has 1 aromatic carbocycles. The van der Waals surface area contributed by atoms with Crippen molar-refractivity contribution in [3.8, 4) is 0 Å². The molecule has 0 spiro atoms. The third-order valence-corrected chi connectivity index (χ3v) is 6.89. The second-order valence-electron chi connectivity index (χ2n) is 6.00. The van der Waals surface area contributed by atoms with Crippen LogP contribution in [0.3, 0.4) is 0 Å². The number of ether oxygens (including phenoxy) is 1. The van der Waals surface area contributed by atoms with Crippen LogP contribution in [-0.4, -0.2) is 62.4 Å². The van der Waals surface area contributed by atoms with E-state index in [0.717, 1.165) is 12.8 Å². The minimum atomic E-state index is -3.80. The van der Waals surface area contributed by atoms with Crippen molar-refractivity contribution >= 4 is 27.5 Å². The van der Waals surface area contributed by atoms with E-state index >= 15 is 0 Å². The van der Waals surface area contributed by atoms with Gasteiger partial charge in [0.05, 0.1) is 18.2 Å². The second kappa shape index (κ2) is 7.39. The van der Waals surface area contributed by atoms with Crippen LogP contribution in [0.5, 0.6) is 0 Å². The SMILES string of the molecule is O=C(C1CCCCN1S(=O)(=O)c1ccccc1Cl)N1CCOCC1. The van der Waals surface area contributed by atoms with Crippen molar-refractivity contribution in [2.75, 3.05) is 32.8 Å². The molecule has 2 heterocycles. The number of amides is 1. The number of morpholine rings is 1. The maximum absolute atomic E-state index is 13.1. The Kier molecular flexibility index (Phi) is 5.44. The Morgan fingerprint density at radius 2 is 1.83 bits per heavy atom. The van der Waals surface area contributed by atoms with Crippen LogP contribution < -0.4 is 0 Å². The van der Waals surface area contributed by atoms with E-state index in [1.165, 1.54) is 10.4 Å². The van der Waals surface area contributed by atoms with E-state index in [1.54, 1.807) is 23.1 Å². The molecule has 132 valence electrons. The predicted molar refractivity (Wildman–Crippen MR) is 90.4 cm³/mol. The predicted octanol–water partition coefficient (Wildman–Crippen LogP) is 1.74. The van der Waals surface area contributed by atoms with Crippen molar-refractivity contribution in [1.29, 1.82) is 0 Å². The maximum Gasteiger partial charge on any atom is 0.245 e. The number of rotatable bonds is 3. The minimum absolute atomic E-state index is 0.0633. The lowest BCUT2D eigenvalue weighted by Crippen LogP contribution is -2.55. The monoisotopic (exact) mass is 372 g/mol. The van der Waals surface area contributed by atoms with Gasteiger partial charge in [-0.05, 0) is 25.0 Å². The first-order chi connectivity index (χ1) is 11.5. The Labute approximate surface area is 147 Å². The van der Waals surface area contributed by atoms with Gasteiger partial charge in [-0.2, -0.15) is 4.31 Å². The molecular weight excluding hydrogens is 352 g/mol. The van der Waals surface area contributed by atoms with E-state index in [2.05, 4.69) is 0 Å². The van der Waals surface area contributed by atoms with Crippen LogP contribution in [0, 0.1) is 0 Å². The van der Waals surface area contributed by atoms with Crippen molar-refractivity contribution in [3.05, 3.63) is 29.3 Å². The number of nitrogens with zero attached hydrogens (tertiary/aromatic N) is 2. The molecule has 1 unspecified atom stereocenters. The van der Waals surface area contributed by atoms with E-state index in [9.17, 15) is 13.2 Å². The van der Waals surface area contributed by atoms with Crippen LogP contribution in [0.25, 0.3) is 0 Å². The van der Waals surface area contributed by atoms with Crippen molar-refractivity contribution in [2.45, 2.75) is 30.2 Å². The lowest BCUT2D eigenvalue weighted by atomic mass is 10.0. The van der Waals surface area contributed by atoms with Gasteiger partial charge in [0, 0.05) is 19.6 Å². The standard InChI is InChI=1S/C16H21ClN2O4S/c17-13-5-1-2-7-15(13)24(21,22)19-8-4-3-6-14(19)16(20)18-9-11-23-12-10-18/h1-2,5,7,14H,3-4,6,8-12H2. The number of piperidine rings is 1. The third-order valence-electron chi connectivity index (χ3n) is 4.48. The number of sulfonamides is 1. The largest absolute Gasteiger partial charge is 0.378 e. The lowest BCUT2D eigenvalue weighted by Gasteiger charge is -2.38. The first kappa shape index (κ1) is 17.7. The van der Waals surface area contributed by atoms with Crippen molar-refractivity contribution < 1.29 is 17.9 Å². The average molecular weight is 373 g/mol. The smallest absolute Gasteiger partial charge is 0.245 e. The Hall–Kier alpha value is -1.15. The van der Waals surface area contributed by atoms with Crippen molar-refractivity contribution in [3.63, 3.8) is 0 Å². The number of benzene rings is 1.